The third-order valence-corrected chi connectivity index (χ3v) is 7.40. The molecule has 8 heteroatoms. The Morgan fingerprint density at radius 3 is 2.55 bits per heavy atom. The minimum atomic E-state index is -2.56. The van der Waals surface area contributed by atoms with Crippen molar-refractivity contribution < 1.29 is 27.8 Å². The van der Waals surface area contributed by atoms with Gasteiger partial charge in [0.2, 0.25) is 5.92 Å². The molecule has 0 radical (unpaired) electrons. The third-order valence-electron chi connectivity index (χ3n) is 7.12. The number of nitrogens with one attached hydrogen (secondary N) is 1. The highest BCUT2D eigenvalue weighted by Crippen LogP contribution is 2.40. The number of carbonyl (C=O) groups excluding carboxylic acids is 2. The first-order valence-electron chi connectivity index (χ1n) is 13.4. The summed E-state index contributed by atoms with van der Waals surface area (Å²) in [6, 6.07) is 11.3. The third kappa shape index (κ3) is 7.68. The number of fused-ring (bicyclic) bond motifs is 1. The van der Waals surface area contributed by atoms with E-state index < -0.39 is 17.6 Å². The van der Waals surface area contributed by atoms with E-state index in [-0.39, 0.29) is 30.6 Å². The van der Waals surface area contributed by atoms with Gasteiger partial charge in [0.15, 0.2) is 5.78 Å². The van der Waals surface area contributed by atoms with Crippen molar-refractivity contribution in [2.75, 3.05) is 6.54 Å². The molecule has 0 saturated heterocycles. The Bertz CT molecular complexity index is 1160. The summed E-state index contributed by atoms with van der Waals surface area (Å²) < 4.78 is 38.5. The van der Waals surface area contributed by atoms with Gasteiger partial charge >= 0.3 is 6.09 Å². The molecule has 0 spiro atoms. The number of halogens is 3. The number of ether oxygens (including phenoxy) is 2. The van der Waals surface area contributed by atoms with Crippen molar-refractivity contribution in [2.24, 2.45) is 5.92 Å². The van der Waals surface area contributed by atoms with Crippen LogP contribution >= 0.6 is 11.6 Å². The molecule has 1 fully saturated rings. The van der Waals surface area contributed by atoms with E-state index in [1.807, 2.05) is 57.2 Å². The van der Waals surface area contributed by atoms with Gasteiger partial charge in [-0.1, -0.05) is 42.3 Å². The Morgan fingerprint density at radius 2 is 1.84 bits per heavy atom. The van der Waals surface area contributed by atoms with E-state index in [1.54, 1.807) is 0 Å². The van der Waals surface area contributed by atoms with Crippen LogP contribution in [0.1, 0.15) is 81.6 Å². The standard InChI is InChI=1S/C30H36ClF2NO4/c1-29(2,3)38-28(36)34-18-24-16-23-15-22(17-25(31)27(23)37-24)20-7-9-21(10-8-20)26(35)11-6-19-5-4-13-30(32,33)14-12-19/h7-10,15,17,19,24H,4-6,11-14,16,18H2,1-3H3,(H,34,36). The maximum Gasteiger partial charge on any atom is 0.407 e. The highest BCUT2D eigenvalue weighted by Gasteiger charge is 2.32. The molecule has 1 heterocycles. The first-order chi connectivity index (χ1) is 17.9. The maximum atomic E-state index is 13.6. The van der Waals surface area contributed by atoms with Crippen LogP contribution in [-0.4, -0.2) is 36.0 Å². The molecule has 206 valence electrons. The fourth-order valence-corrected chi connectivity index (χ4v) is 5.41. The van der Waals surface area contributed by atoms with Gasteiger partial charge in [-0.05, 0) is 69.2 Å². The number of ketones is 1. The Balaban J connectivity index is 1.33. The van der Waals surface area contributed by atoms with Crippen LogP contribution in [0.25, 0.3) is 11.1 Å². The molecule has 1 amide bonds. The van der Waals surface area contributed by atoms with E-state index in [0.717, 1.165) is 23.1 Å². The average molecular weight is 548 g/mol. The van der Waals surface area contributed by atoms with Crippen LogP contribution in [0.4, 0.5) is 13.6 Å². The van der Waals surface area contributed by atoms with E-state index in [0.29, 0.717) is 55.0 Å². The number of alkyl carbamates (subject to hydrolysis) is 1. The van der Waals surface area contributed by atoms with Crippen molar-refractivity contribution in [3.05, 3.63) is 52.5 Å². The second kappa shape index (κ2) is 11.6. The highest BCUT2D eigenvalue weighted by molar-refractivity contribution is 6.32. The molecule has 4 rings (SSSR count). The SMILES string of the molecule is CC(C)(C)OC(=O)NCC1Cc2cc(-c3ccc(C(=O)CCC4CCCC(F)(F)CC4)cc3)cc(Cl)c2O1. The van der Waals surface area contributed by atoms with Crippen molar-refractivity contribution in [3.8, 4) is 16.9 Å². The van der Waals surface area contributed by atoms with Gasteiger partial charge in [0.05, 0.1) is 11.6 Å². The second-order valence-corrected chi connectivity index (χ2v) is 11.9. The molecule has 5 nitrogen and oxygen atoms in total. The molecule has 1 saturated carbocycles. The van der Waals surface area contributed by atoms with Crippen molar-refractivity contribution in [1.82, 2.24) is 5.32 Å². The number of hydrogen-bond donors (Lipinski definition) is 1. The Morgan fingerprint density at radius 1 is 1.11 bits per heavy atom. The van der Waals surface area contributed by atoms with Gasteiger partial charge in [-0.15, -0.1) is 0 Å². The zero-order valence-corrected chi connectivity index (χ0v) is 23.0. The monoisotopic (exact) mass is 547 g/mol. The lowest BCUT2D eigenvalue weighted by Gasteiger charge is -2.20. The van der Waals surface area contributed by atoms with Gasteiger partial charge in [0, 0.05) is 36.8 Å². The van der Waals surface area contributed by atoms with E-state index in [1.165, 1.54) is 0 Å². The summed E-state index contributed by atoms with van der Waals surface area (Å²) in [4.78, 5) is 24.7. The van der Waals surface area contributed by atoms with Crippen LogP contribution in [0.5, 0.6) is 5.75 Å². The van der Waals surface area contributed by atoms with Crippen LogP contribution in [0, 0.1) is 5.92 Å². The largest absolute Gasteiger partial charge is 0.486 e. The summed E-state index contributed by atoms with van der Waals surface area (Å²) in [6.45, 7) is 5.72. The fraction of sp³-hybridized carbons (Fsp3) is 0.533. The lowest BCUT2D eigenvalue weighted by atomic mass is 9.92. The lowest BCUT2D eigenvalue weighted by molar-refractivity contribution is -0.0148. The minimum absolute atomic E-state index is 0.0354. The van der Waals surface area contributed by atoms with Crippen molar-refractivity contribution in [2.45, 2.75) is 89.8 Å². The number of alkyl halides is 2. The summed E-state index contributed by atoms with van der Waals surface area (Å²) in [6.07, 6.45) is 2.55. The van der Waals surface area contributed by atoms with Gasteiger partial charge in [-0.25, -0.2) is 13.6 Å². The smallest absolute Gasteiger partial charge is 0.407 e. The summed E-state index contributed by atoms with van der Waals surface area (Å²) in [5, 5.41) is 3.23. The van der Waals surface area contributed by atoms with E-state index in [4.69, 9.17) is 21.1 Å². The molecule has 1 aliphatic carbocycles. The highest BCUT2D eigenvalue weighted by atomic mass is 35.5. The number of amides is 1. The normalized spacial score (nSPS) is 20.7. The van der Waals surface area contributed by atoms with E-state index >= 15 is 0 Å². The first kappa shape index (κ1) is 28.3. The molecule has 2 aromatic carbocycles. The average Bonchev–Trinajstić information content (AvgIpc) is 3.18. The molecule has 38 heavy (non-hydrogen) atoms. The van der Waals surface area contributed by atoms with Crippen LogP contribution in [-0.2, 0) is 11.2 Å². The number of Topliss-reactive ketones (excluding diaryl/α,β-unsaturated/α-hetero) is 1. The molecule has 0 bridgehead atoms. The lowest BCUT2D eigenvalue weighted by Crippen LogP contribution is -2.38. The Labute approximate surface area is 228 Å². The summed E-state index contributed by atoms with van der Waals surface area (Å²) >= 11 is 6.53. The van der Waals surface area contributed by atoms with Crippen LogP contribution in [0.3, 0.4) is 0 Å². The molecule has 0 aromatic heterocycles. The molecule has 1 aliphatic heterocycles. The van der Waals surface area contributed by atoms with Crippen LogP contribution < -0.4 is 10.1 Å². The molecule has 2 unspecified atom stereocenters. The topological polar surface area (TPSA) is 64.6 Å². The second-order valence-electron chi connectivity index (χ2n) is 11.5. The van der Waals surface area contributed by atoms with Crippen LogP contribution in [0.2, 0.25) is 5.02 Å². The molecule has 2 atom stereocenters. The summed E-state index contributed by atoms with van der Waals surface area (Å²) in [7, 11) is 0. The molecular formula is C30H36ClF2NO4. The molecule has 1 N–H and O–H groups in total. The Hall–Kier alpha value is -2.67. The molecular weight excluding hydrogens is 512 g/mol. The van der Waals surface area contributed by atoms with Gasteiger partial charge < -0.3 is 14.8 Å². The maximum absolute atomic E-state index is 13.6. The first-order valence-corrected chi connectivity index (χ1v) is 13.7. The quantitative estimate of drug-likeness (QED) is 0.281. The van der Waals surface area contributed by atoms with Crippen molar-refractivity contribution in [3.63, 3.8) is 0 Å². The zero-order valence-electron chi connectivity index (χ0n) is 22.2. The van der Waals surface area contributed by atoms with Crippen molar-refractivity contribution in [1.29, 1.82) is 0 Å². The van der Waals surface area contributed by atoms with Crippen LogP contribution in [0.15, 0.2) is 36.4 Å². The number of benzene rings is 2. The van der Waals surface area contributed by atoms with E-state index in [2.05, 4.69) is 5.32 Å². The van der Waals surface area contributed by atoms with E-state index in [9.17, 15) is 18.4 Å². The molecule has 2 aromatic rings. The predicted octanol–water partition coefficient (Wildman–Crippen LogP) is 8.01. The summed E-state index contributed by atoms with van der Waals surface area (Å²) in [5.41, 5.74) is 2.84. The number of carbonyl (C=O) groups is 2. The fourth-order valence-electron chi connectivity index (χ4n) is 5.13. The minimum Gasteiger partial charge on any atom is -0.486 e. The number of rotatable bonds is 7. The zero-order chi connectivity index (χ0) is 27.5. The Kier molecular flexibility index (Phi) is 8.65. The number of hydrogen-bond acceptors (Lipinski definition) is 4. The van der Waals surface area contributed by atoms with Gasteiger partial charge in [-0.3, -0.25) is 4.79 Å². The van der Waals surface area contributed by atoms with Gasteiger partial charge in [-0.2, -0.15) is 0 Å². The predicted molar refractivity (Wildman–Crippen MR) is 144 cm³/mol. The summed E-state index contributed by atoms with van der Waals surface area (Å²) in [5.74, 6) is -1.72. The van der Waals surface area contributed by atoms with Gasteiger partial charge in [0.1, 0.15) is 17.5 Å². The molecule has 2 aliphatic rings. The van der Waals surface area contributed by atoms with Gasteiger partial charge in [0.25, 0.3) is 0 Å². The van der Waals surface area contributed by atoms with Crippen molar-refractivity contribution >= 4 is 23.5 Å².